The second-order valence-corrected chi connectivity index (χ2v) is 2.92. The molecule has 0 aliphatic heterocycles. The highest BCUT2D eigenvalue weighted by molar-refractivity contribution is 5.19. The van der Waals surface area contributed by atoms with Gasteiger partial charge in [-0.25, -0.2) is 0 Å². The van der Waals surface area contributed by atoms with E-state index in [2.05, 4.69) is 33.8 Å². The molecule has 0 saturated carbocycles. The Balaban J connectivity index is 3.63. The Morgan fingerprint density at radius 3 is 2.20 bits per heavy atom. The van der Waals surface area contributed by atoms with Crippen LogP contribution in [0.1, 0.15) is 47.0 Å². The summed E-state index contributed by atoms with van der Waals surface area (Å²) in [6.07, 6.45) is 6.11. The Labute approximate surface area is 65.3 Å². The van der Waals surface area contributed by atoms with Gasteiger partial charge in [0.2, 0.25) is 0 Å². The van der Waals surface area contributed by atoms with Crippen molar-refractivity contribution in [1.29, 1.82) is 0 Å². The standard InChI is InChI=1S/C10H19/c1-5-7-8-10(6-2)9(3)4/h6H,5,7-8H2,1-4H3. The number of allylic oxidation sites excluding steroid dienone is 2. The van der Waals surface area contributed by atoms with Gasteiger partial charge < -0.3 is 0 Å². The Morgan fingerprint density at radius 1 is 1.30 bits per heavy atom. The van der Waals surface area contributed by atoms with Crippen molar-refractivity contribution < 1.29 is 0 Å². The van der Waals surface area contributed by atoms with E-state index < -0.39 is 0 Å². The molecule has 0 unspecified atom stereocenters. The van der Waals surface area contributed by atoms with Crippen LogP contribution in [0.4, 0.5) is 0 Å². The highest BCUT2D eigenvalue weighted by atomic mass is 14.1. The monoisotopic (exact) mass is 139 g/mol. The molecule has 0 aliphatic rings. The van der Waals surface area contributed by atoms with E-state index in [0.29, 0.717) is 0 Å². The molecule has 0 atom stereocenters. The van der Waals surface area contributed by atoms with Crippen molar-refractivity contribution in [1.82, 2.24) is 0 Å². The summed E-state index contributed by atoms with van der Waals surface area (Å²) in [5.41, 5.74) is 1.53. The molecule has 0 N–H and O–H groups in total. The largest absolute Gasteiger partial charge is 0.0879 e. The first-order valence-electron chi connectivity index (χ1n) is 4.18. The Hall–Kier alpha value is -0.260. The second kappa shape index (κ2) is 5.52. The third-order valence-electron chi connectivity index (χ3n) is 1.79. The molecule has 1 radical (unpaired) electrons. The molecule has 0 heteroatoms. The minimum atomic E-state index is 1.26. The number of rotatable bonds is 4. The van der Waals surface area contributed by atoms with Crippen molar-refractivity contribution in [3.8, 4) is 0 Å². The van der Waals surface area contributed by atoms with Crippen LogP contribution in [0.25, 0.3) is 0 Å². The van der Waals surface area contributed by atoms with Crippen LogP contribution < -0.4 is 0 Å². The van der Waals surface area contributed by atoms with E-state index >= 15 is 0 Å². The highest BCUT2D eigenvalue weighted by Gasteiger charge is 2.00. The van der Waals surface area contributed by atoms with Crippen LogP contribution in [0.3, 0.4) is 0 Å². The van der Waals surface area contributed by atoms with Crippen LogP contribution in [0.15, 0.2) is 11.6 Å². The fourth-order valence-electron chi connectivity index (χ4n) is 1.05. The second-order valence-electron chi connectivity index (χ2n) is 2.92. The number of hydrogen-bond acceptors (Lipinski definition) is 0. The predicted molar refractivity (Wildman–Crippen MR) is 47.9 cm³/mol. The molecule has 0 nitrogen and oxygen atoms in total. The normalized spacial score (nSPS) is 12.7. The molecule has 0 fully saturated rings. The lowest BCUT2D eigenvalue weighted by atomic mass is 9.98. The van der Waals surface area contributed by atoms with Crippen molar-refractivity contribution in [3.63, 3.8) is 0 Å². The van der Waals surface area contributed by atoms with Crippen molar-refractivity contribution in [2.24, 2.45) is 0 Å². The maximum Gasteiger partial charge on any atom is -0.00565 e. The molecule has 59 valence electrons. The number of unbranched alkanes of at least 4 members (excludes halogenated alkanes) is 1. The minimum Gasteiger partial charge on any atom is -0.0879 e. The van der Waals surface area contributed by atoms with Gasteiger partial charge in [-0.15, -0.1) is 0 Å². The van der Waals surface area contributed by atoms with Gasteiger partial charge in [0.15, 0.2) is 0 Å². The molecular weight excluding hydrogens is 120 g/mol. The summed E-state index contributed by atoms with van der Waals surface area (Å²) in [6, 6.07) is 0. The van der Waals surface area contributed by atoms with Crippen LogP contribution in [0.5, 0.6) is 0 Å². The van der Waals surface area contributed by atoms with Gasteiger partial charge in [0.05, 0.1) is 0 Å². The van der Waals surface area contributed by atoms with Crippen molar-refractivity contribution in [2.75, 3.05) is 0 Å². The van der Waals surface area contributed by atoms with Gasteiger partial charge in [-0.1, -0.05) is 38.8 Å². The van der Waals surface area contributed by atoms with E-state index in [0.717, 1.165) is 0 Å². The van der Waals surface area contributed by atoms with Gasteiger partial charge in [0.1, 0.15) is 0 Å². The van der Waals surface area contributed by atoms with Crippen LogP contribution in [0, 0.1) is 5.92 Å². The van der Waals surface area contributed by atoms with Gasteiger partial charge >= 0.3 is 0 Å². The van der Waals surface area contributed by atoms with Crippen LogP contribution in [0.2, 0.25) is 0 Å². The van der Waals surface area contributed by atoms with E-state index in [-0.39, 0.29) is 0 Å². The first kappa shape index (κ1) is 9.74. The van der Waals surface area contributed by atoms with E-state index in [1.54, 1.807) is 0 Å². The summed E-state index contributed by atoms with van der Waals surface area (Å²) < 4.78 is 0. The fraction of sp³-hybridized carbons (Fsp3) is 0.700. The summed E-state index contributed by atoms with van der Waals surface area (Å²) in [6.45, 7) is 8.73. The van der Waals surface area contributed by atoms with Crippen LogP contribution in [-0.2, 0) is 0 Å². The van der Waals surface area contributed by atoms with E-state index in [1.165, 1.54) is 30.8 Å². The Kier molecular flexibility index (Phi) is 5.38. The van der Waals surface area contributed by atoms with E-state index in [1.807, 2.05) is 0 Å². The van der Waals surface area contributed by atoms with Crippen molar-refractivity contribution in [2.45, 2.75) is 47.0 Å². The van der Waals surface area contributed by atoms with E-state index in [4.69, 9.17) is 0 Å². The molecule has 0 saturated heterocycles. The van der Waals surface area contributed by atoms with Gasteiger partial charge in [-0.05, 0) is 25.7 Å². The highest BCUT2D eigenvalue weighted by Crippen LogP contribution is 2.17. The molecule has 0 amide bonds. The maximum atomic E-state index is 2.23. The molecule has 0 bridgehead atoms. The fourth-order valence-corrected chi connectivity index (χ4v) is 1.05. The molecule has 10 heavy (non-hydrogen) atoms. The van der Waals surface area contributed by atoms with Crippen LogP contribution >= 0.6 is 0 Å². The summed E-state index contributed by atoms with van der Waals surface area (Å²) in [4.78, 5) is 0. The first-order valence-corrected chi connectivity index (χ1v) is 4.18. The molecule has 0 aliphatic carbocycles. The zero-order chi connectivity index (χ0) is 7.98. The zero-order valence-corrected chi connectivity index (χ0v) is 7.70. The Bertz CT molecular complexity index is 98.6. The molecule has 0 rings (SSSR count). The topological polar surface area (TPSA) is 0 Å². The third kappa shape index (κ3) is 3.71. The lowest BCUT2D eigenvalue weighted by Crippen LogP contribution is -1.90. The van der Waals surface area contributed by atoms with Crippen molar-refractivity contribution >= 4 is 0 Å². The van der Waals surface area contributed by atoms with Gasteiger partial charge in [0.25, 0.3) is 0 Å². The lowest BCUT2D eigenvalue weighted by Gasteiger charge is -2.08. The molecule has 0 heterocycles. The van der Waals surface area contributed by atoms with Gasteiger partial charge in [-0.2, -0.15) is 0 Å². The molecule has 0 spiro atoms. The average Bonchev–Trinajstić information content (AvgIpc) is 1.89. The first-order chi connectivity index (χ1) is 4.72. The minimum absolute atomic E-state index is 1.26. The van der Waals surface area contributed by atoms with Crippen molar-refractivity contribution in [3.05, 3.63) is 17.6 Å². The number of hydrogen-bond donors (Lipinski definition) is 0. The summed E-state index contributed by atoms with van der Waals surface area (Å²) in [5, 5.41) is 0. The smallest absolute Gasteiger partial charge is 0.00565 e. The molecular formula is C10H19. The predicted octanol–water partition coefficient (Wildman–Crippen LogP) is 3.74. The zero-order valence-electron chi connectivity index (χ0n) is 7.70. The summed E-state index contributed by atoms with van der Waals surface area (Å²) in [5.74, 6) is 1.47. The maximum absolute atomic E-state index is 2.23. The summed E-state index contributed by atoms with van der Waals surface area (Å²) in [7, 11) is 0. The molecule has 0 aromatic carbocycles. The quantitative estimate of drug-likeness (QED) is 0.556. The van der Waals surface area contributed by atoms with Gasteiger partial charge in [0, 0.05) is 0 Å². The summed E-state index contributed by atoms with van der Waals surface area (Å²) >= 11 is 0. The molecule has 0 aromatic rings. The molecule has 0 aromatic heterocycles. The van der Waals surface area contributed by atoms with Gasteiger partial charge in [-0.3, -0.25) is 0 Å². The third-order valence-corrected chi connectivity index (χ3v) is 1.79. The SMILES string of the molecule is CC=C(CCCC)[C](C)C. The average molecular weight is 139 g/mol. The Morgan fingerprint density at radius 2 is 1.90 bits per heavy atom. The van der Waals surface area contributed by atoms with Crippen LogP contribution in [-0.4, -0.2) is 0 Å². The van der Waals surface area contributed by atoms with E-state index in [9.17, 15) is 0 Å². The lowest BCUT2D eigenvalue weighted by molar-refractivity contribution is 0.773.